The van der Waals surface area contributed by atoms with Gasteiger partial charge in [-0.25, -0.2) is 9.97 Å². The third-order valence-corrected chi connectivity index (χ3v) is 4.08. The average Bonchev–Trinajstić information content (AvgIpc) is 2.97. The number of ketones is 1. The molecule has 0 aliphatic heterocycles. The molecule has 0 spiro atoms. The molecule has 2 heterocycles. The summed E-state index contributed by atoms with van der Waals surface area (Å²) in [5.41, 5.74) is 2.20. The molecule has 7 nitrogen and oxygen atoms in total. The molecule has 0 saturated carbocycles. The molecule has 1 aromatic carbocycles. The minimum Gasteiger partial charge on any atom is -0.453 e. The summed E-state index contributed by atoms with van der Waals surface area (Å²) in [5.74, 6) is -0.332. The Morgan fingerprint density at radius 3 is 2.62 bits per heavy atom. The maximum Gasteiger partial charge on any atom is 0.326 e. The number of hydrogen-bond donors (Lipinski definition) is 1. The second-order valence-corrected chi connectivity index (χ2v) is 6.07. The molecule has 0 fully saturated rings. The number of aryl methyl sites for hydroxylation is 1. The van der Waals surface area contributed by atoms with Gasteiger partial charge < -0.3 is 14.6 Å². The van der Waals surface area contributed by atoms with Gasteiger partial charge >= 0.3 is 5.97 Å². The lowest BCUT2D eigenvalue weighted by Gasteiger charge is -2.18. The molecule has 0 radical (unpaired) electrons. The number of ether oxygens (including phenoxy) is 1. The van der Waals surface area contributed by atoms with E-state index in [0.29, 0.717) is 11.5 Å². The smallest absolute Gasteiger partial charge is 0.326 e. The summed E-state index contributed by atoms with van der Waals surface area (Å²) >= 11 is 0. The predicted molar refractivity (Wildman–Crippen MR) is 98.2 cm³/mol. The summed E-state index contributed by atoms with van der Waals surface area (Å²) in [4.78, 5) is 37.9. The molecule has 7 heteroatoms. The Balaban J connectivity index is 1.69. The quantitative estimate of drug-likeness (QED) is 0.542. The third kappa shape index (κ3) is 3.56. The van der Waals surface area contributed by atoms with Crippen molar-refractivity contribution in [3.63, 3.8) is 0 Å². The van der Waals surface area contributed by atoms with Gasteiger partial charge in [0.1, 0.15) is 6.54 Å². The van der Waals surface area contributed by atoms with Crippen LogP contribution in [0.5, 0.6) is 0 Å². The van der Waals surface area contributed by atoms with E-state index < -0.39 is 12.1 Å². The minimum atomic E-state index is -0.884. The highest BCUT2D eigenvalue weighted by molar-refractivity contribution is 6.11. The van der Waals surface area contributed by atoms with Crippen molar-refractivity contribution < 1.29 is 14.3 Å². The second-order valence-electron chi connectivity index (χ2n) is 6.07. The van der Waals surface area contributed by atoms with Crippen molar-refractivity contribution in [3.8, 4) is 0 Å². The standard InChI is InChI=1S/C19H20N4O3/c1-12-17(14-7-4-5-8-15(14)22-12)18(25)13(2)26-16(24)11-23(3)19-20-9-6-10-21-19/h4-10,13,22H,11H2,1-3H3. The first kappa shape index (κ1) is 17.6. The van der Waals surface area contributed by atoms with Crippen LogP contribution in [0.2, 0.25) is 0 Å². The summed E-state index contributed by atoms with van der Waals surface area (Å²) in [6.45, 7) is 3.37. The molecule has 0 aliphatic rings. The second kappa shape index (κ2) is 7.35. The SMILES string of the molecule is Cc1[nH]c2ccccc2c1C(=O)C(C)OC(=O)CN(C)c1ncccn1. The van der Waals surface area contributed by atoms with Crippen molar-refractivity contribution in [2.45, 2.75) is 20.0 Å². The number of aromatic amines is 1. The van der Waals surface area contributed by atoms with E-state index in [1.54, 1.807) is 37.3 Å². The number of H-pyrrole nitrogens is 1. The Labute approximate surface area is 151 Å². The first-order valence-corrected chi connectivity index (χ1v) is 8.26. The molecule has 2 aromatic heterocycles. The highest BCUT2D eigenvalue weighted by Crippen LogP contribution is 2.23. The van der Waals surface area contributed by atoms with Crippen LogP contribution < -0.4 is 4.90 Å². The van der Waals surface area contributed by atoms with Gasteiger partial charge in [0.15, 0.2) is 6.10 Å². The average molecular weight is 352 g/mol. The summed E-state index contributed by atoms with van der Waals surface area (Å²) in [6, 6.07) is 9.25. The zero-order chi connectivity index (χ0) is 18.7. The van der Waals surface area contributed by atoms with E-state index in [-0.39, 0.29) is 12.3 Å². The van der Waals surface area contributed by atoms with Crippen LogP contribution in [0.1, 0.15) is 23.0 Å². The van der Waals surface area contributed by atoms with Crippen LogP contribution in [0, 0.1) is 6.92 Å². The maximum atomic E-state index is 12.8. The van der Waals surface area contributed by atoms with Crippen molar-refractivity contribution in [1.82, 2.24) is 15.0 Å². The van der Waals surface area contributed by atoms with Crippen LogP contribution in [0.25, 0.3) is 10.9 Å². The number of aromatic nitrogens is 3. The molecule has 1 unspecified atom stereocenters. The number of anilines is 1. The van der Waals surface area contributed by atoms with Crippen LogP contribution in [-0.2, 0) is 9.53 Å². The van der Waals surface area contributed by atoms with E-state index in [2.05, 4.69) is 15.0 Å². The molecule has 0 saturated heterocycles. The Morgan fingerprint density at radius 2 is 1.88 bits per heavy atom. The van der Waals surface area contributed by atoms with E-state index in [1.165, 1.54) is 0 Å². The van der Waals surface area contributed by atoms with Crippen LogP contribution in [-0.4, -0.2) is 46.4 Å². The lowest BCUT2D eigenvalue weighted by atomic mass is 10.0. The lowest BCUT2D eigenvalue weighted by Crippen LogP contribution is -2.33. The van der Waals surface area contributed by atoms with Crippen LogP contribution >= 0.6 is 0 Å². The molecule has 1 atom stereocenters. The van der Waals surface area contributed by atoms with Crippen molar-refractivity contribution in [1.29, 1.82) is 0 Å². The zero-order valence-corrected chi connectivity index (χ0v) is 14.9. The highest BCUT2D eigenvalue weighted by atomic mass is 16.5. The number of para-hydroxylation sites is 1. The number of nitrogens with zero attached hydrogens (tertiary/aromatic N) is 3. The lowest BCUT2D eigenvalue weighted by molar-refractivity contribution is -0.144. The van der Waals surface area contributed by atoms with Gasteiger partial charge in [-0.15, -0.1) is 0 Å². The first-order valence-electron chi connectivity index (χ1n) is 8.26. The fourth-order valence-electron chi connectivity index (χ4n) is 2.84. The number of benzene rings is 1. The Bertz CT molecular complexity index is 936. The molecule has 0 aliphatic carbocycles. The topological polar surface area (TPSA) is 88.2 Å². The number of carbonyl (C=O) groups is 2. The Hall–Kier alpha value is -3.22. The molecule has 134 valence electrons. The fourth-order valence-corrected chi connectivity index (χ4v) is 2.84. The van der Waals surface area contributed by atoms with Crippen molar-refractivity contribution in [3.05, 3.63) is 54.0 Å². The van der Waals surface area contributed by atoms with E-state index in [4.69, 9.17) is 4.74 Å². The van der Waals surface area contributed by atoms with Gasteiger partial charge in [-0.2, -0.15) is 0 Å². The Kier molecular flexibility index (Phi) is 4.97. The van der Waals surface area contributed by atoms with Gasteiger partial charge in [-0.1, -0.05) is 18.2 Å². The third-order valence-electron chi connectivity index (χ3n) is 4.08. The molecule has 26 heavy (non-hydrogen) atoms. The number of nitrogens with one attached hydrogen (secondary N) is 1. The van der Waals surface area contributed by atoms with Crippen LogP contribution in [0.3, 0.4) is 0 Å². The number of carbonyl (C=O) groups excluding carboxylic acids is 2. The maximum absolute atomic E-state index is 12.8. The largest absolute Gasteiger partial charge is 0.453 e. The number of Topliss-reactive ketones (excluding diaryl/α,β-unsaturated/α-hetero) is 1. The van der Waals surface area contributed by atoms with Crippen molar-refractivity contribution in [2.75, 3.05) is 18.5 Å². The molecule has 3 rings (SSSR count). The number of rotatable bonds is 6. The molecule has 0 bridgehead atoms. The van der Waals surface area contributed by atoms with E-state index in [9.17, 15) is 9.59 Å². The first-order chi connectivity index (χ1) is 12.5. The fraction of sp³-hybridized carbons (Fsp3) is 0.263. The summed E-state index contributed by atoms with van der Waals surface area (Å²) in [6.07, 6.45) is 2.30. The van der Waals surface area contributed by atoms with E-state index in [0.717, 1.165) is 16.6 Å². The van der Waals surface area contributed by atoms with Gasteiger partial charge in [0.05, 0.1) is 0 Å². The van der Waals surface area contributed by atoms with E-state index >= 15 is 0 Å². The van der Waals surface area contributed by atoms with Crippen LogP contribution in [0.15, 0.2) is 42.7 Å². The number of hydrogen-bond acceptors (Lipinski definition) is 6. The summed E-state index contributed by atoms with van der Waals surface area (Å²) in [5, 5.41) is 0.827. The van der Waals surface area contributed by atoms with Gasteiger partial charge in [-0.3, -0.25) is 9.59 Å². The zero-order valence-electron chi connectivity index (χ0n) is 14.9. The van der Waals surface area contributed by atoms with Crippen molar-refractivity contribution >= 4 is 28.6 Å². The molecule has 3 aromatic rings. The van der Waals surface area contributed by atoms with E-state index in [1.807, 2.05) is 31.2 Å². The monoisotopic (exact) mass is 352 g/mol. The normalized spacial score (nSPS) is 12.0. The van der Waals surface area contributed by atoms with Gasteiger partial charge in [-0.05, 0) is 26.0 Å². The summed E-state index contributed by atoms with van der Waals surface area (Å²) < 4.78 is 5.33. The number of esters is 1. The van der Waals surface area contributed by atoms with Gasteiger partial charge in [0, 0.05) is 41.6 Å². The number of likely N-dealkylation sites (N-methyl/N-ethyl adjacent to an activating group) is 1. The molecular formula is C19H20N4O3. The van der Waals surface area contributed by atoms with Crippen LogP contribution in [0.4, 0.5) is 5.95 Å². The summed E-state index contributed by atoms with van der Waals surface area (Å²) in [7, 11) is 1.69. The minimum absolute atomic E-state index is 0.0471. The predicted octanol–water partition coefficient (Wildman–Crippen LogP) is 2.52. The van der Waals surface area contributed by atoms with Crippen molar-refractivity contribution in [2.24, 2.45) is 0 Å². The Morgan fingerprint density at radius 1 is 1.19 bits per heavy atom. The highest BCUT2D eigenvalue weighted by Gasteiger charge is 2.25. The molecular weight excluding hydrogens is 332 g/mol. The van der Waals surface area contributed by atoms with Gasteiger partial charge in [0.25, 0.3) is 0 Å². The number of fused-ring (bicyclic) bond motifs is 1. The molecule has 0 amide bonds. The van der Waals surface area contributed by atoms with Gasteiger partial charge in [0.2, 0.25) is 11.7 Å². The molecule has 1 N–H and O–H groups in total.